The number of hydrogen-bond donors (Lipinski definition) is 1. The third-order valence-electron chi connectivity index (χ3n) is 2.38. The zero-order valence-electron chi connectivity index (χ0n) is 9.12. The molecular formula is C11H13FO4. The van der Waals surface area contributed by atoms with Crippen LogP contribution in [0.4, 0.5) is 4.39 Å². The molecule has 1 atom stereocenters. The number of halogens is 1. The first kappa shape index (κ1) is 11.0. The molecule has 1 aliphatic rings. The SMILES string of the molecule is COc1cc2c(c(CC(C)O)c1F)OCO2. The van der Waals surface area contributed by atoms with Crippen LogP contribution in [0.25, 0.3) is 0 Å². The van der Waals surface area contributed by atoms with Crippen LogP contribution in [0.3, 0.4) is 0 Å². The molecule has 0 saturated carbocycles. The lowest BCUT2D eigenvalue weighted by molar-refractivity contribution is 0.169. The number of aliphatic hydroxyl groups is 1. The third-order valence-corrected chi connectivity index (χ3v) is 2.38. The van der Waals surface area contributed by atoms with E-state index in [0.717, 1.165) is 0 Å². The molecule has 1 N–H and O–H groups in total. The van der Waals surface area contributed by atoms with Crippen molar-refractivity contribution in [3.05, 3.63) is 17.4 Å². The minimum Gasteiger partial charge on any atom is -0.494 e. The summed E-state index contributed by atoms with van der Waals surface area (Å²) in [5, 5.41) is 9.32. The number of methoxy groups -OCH3 is 1. The van der Waals surface area contributed by atoms with Crippen molar-refractivity contribution >= 4 is 0 Å². The summed E-state index contributed by atoms with van der Waals surface area (Å²) >= 11 is 0. The molecule has 0 radical (unpaired) electrons. The molecular weight excluding hydrogens is 215 g/mol. The molecule has 0 fully saturated rings. The molecule has 16 heavy (non-hydrogen) atoms. The second kappa shape index (κ2) is 4.17. The van der Waals surface area contributed by atoms with Gasteiger partial charge in [-0.3, -0.25) is 0 Å². The van der Waals surface area contributed by atoms with Crippen LogP contribution in [0.2, 0.25) is 0 Å². The highest BCUT2D eigenvalue weighted by Gasteiger charge is 2.25. The summed E-state index contributed by atoms with van der Waals surface area (Å²) in [7, 11) is 1.38. The van der Waals surface area contributed by atoms with Gasteiger partial charge in [-0.1, -0.05) is 0 Å². The fraction of sp³-hybridized carbons (Fsp3) is 0.455. The first-order valence-electron chi connectivity index (χ1n) is 4.96. The van der Waals surface area contributed by atoms with Crippen molar-refractivity contribution in [1.82, 2.24) is 0 Å². The molecule has 5 heteroatoms. The molecule has 1 heterocycles. The lowest BCUT2D eigenvalue weighted by Crippen LogP contribution is -2.08. The van der Waals surface area contributed by atoms with Crippen molar-refractivity contribution in [3.63, 3.8) is 0 Å². The molecule has 0 aromatic heterocycles. The molecule has 0 spiro atoms. The highest BCUT2D eigenvalue weighted by Crippen LogP contribution is 2.42. The summed E-state index contributed by atoms with van der Waals surface area (Å²) in [4.78, 5) is 0. The fourth-order valence-corrected chi connectivity index (χ4v) is 1.69. The number of hydrogen-bond acceptors (Lipinski definition) is 4. The molecule has 1 aliphatic heterocycles. The molecule has 0 saturated heterocycles. The Bertz CT molecular complexity index is 403. The first-order chi connectivity index (χ1) is 7.63. The Morgan fingerprint density at radius 2 is 2.31 bits per heavy atom. The van der Waals surface area contributed by atoms with Crippen molar-refractivity contribution in [3.8, 4) is 17.2 Å². The van der Waals surface area contributed by atoms with Crippen molar-refractivity contribution in [1.29, 1.82) is 0 Å². The lowest BCUT2D eigenvalue weighted by Gasteiger charge is -2.12. The summed E-state index contributed by atoms with van der Waals surface area (Å²) in [5.41, 5.74) is 0.293. The maximum atomic E-state index is 13.9. The minimum absolute atomic E-state index is 0.0642. The molecule has 0 amide bonds. The van der Waals surface area contributed by atoms with Crippen LogP contribution in [0, 0.1) is 5.82 Å². The highest BCUT2D eigenvalue weighted by atomic mass is 19.1. The van der Waals surface area contributed by atoms with Gasteiger partial charge in [-0.15, -0.1) is 0 Å². The van der Waals surface area contributed by atoms with Gasteiger partial charge in [0.25, 0.3) is 0 Å². The van der Waals surface area contributed by atoms with Crippen molar-refractivity contribution < 1.29 is 23.7 Å². The highest BCUT2D eigenvalue weighted by molar-refractivity contribution is 5.54. The second-order valence-corrected chi connectivity index (χ2v) is 3.66. The number of fused-ring (bicyclic) bond motifs is 1. The van der Waals surface area contributed by atoms with E-state index in [4.69, 9.17) is 14.2 Å². The van der Waals surface area contributed by atoms with Gasteiger partial charge in [-0.2, -0.15) is 0 Å². The number of benzene rings is 1. The minimum atomic E-state index is -0.657. The van der Waals surface area contributed by atoms with Gasteiger partial charge in [0, 0.05) is 18.1 Å². The van der Waals surface area contributed by atoms with Crippen molar-refractivity contribution in [2.45, 2.75) is 19.4 Å². The van der Waals surface area contributed by atoms with Gasteiger partial charge in [0.15, 0.2) is 23.1 Å². The van der Waals surface area contributed by atoms with E-state index in [1.54, 1.807) is 6.92 Å². The van der Waals surface area contributed by atoms with Gasteiger partial charge in [0.05, 0.1) is 13.2 Å². The Labute approximate surface area is 92.6 Å². The zero-order chi connectivity index (χ0) is 11.7. The topological polar surface area (TPSA) is 47.9 Å². The summed E-state index contributed by atoms with van der Waals surface area (Å²) < 4.78 is 29.2. The molecule has 0 aliphatic carbocycles. The maximum absolute atomic E-state index is 13.9. The maximum Gasteiger partial charge on any atom is 0.231 e. The van der Waals surface area contributed by atoms with E-state index in [2.05, 4.69) is 0 Å². The molecule has 4 nitrogen and oxygen atoms in total. The first-order valence-corrected chi connectivity index (χ1v) is 4.96. The number of rotatable bonds is 3. The van der Waals surface area contributed by atoms with Crippen molar-refractivity contribution in [2.75, 3.05) is 13.9 Å². The quantitative estimate of drug-likeness (QED) is 0.851. The summed E-state index contributed by atoms with van der Waals surface area (Å²) in [5.74, 6) is 0.403. The Hall–Kier alpha value is -1.49. The average molecular weight is 228 g/mol. The smallest absolute Gasteiger partial charge is 0.231 e. The zero-order valence-corrected chi connectivity index (χ0v) is 9.12. The molecule has 1 unspecified atom stereocenters. The predicted octanol–water partition coefficient (Wildman–Crippen LogP) is 1.49. The van der Waals surface area contributed by atoms with Crippen LogP contribution in [0.1, 0.15) is 12.5 Å². The van der Waals surface area contributed by atoms with Crippen LogP contribution in [0.15, 0.2) is 6.07 Å². The Kier molecular flexibility index (Phi) is 2.87. The molecule has 1 aromatic carbocycles. The number of ether oxygens (including phenoxy) is 3. The van der Waals surface area contributed by atoms with E-state index in [0.29, 0.717) is 17.1 Å². The fourth-order valence-electron chi connectivity index (χ4n) is 1.69. The van der Waals surface area contributed by atoms with Gasteiger partial charge in [0.2, 0.25) is 6.79 Å². The lowest BCUT2D eigenvalue weighted by atomic mass is 10.1. The Balaban J connectivity index is 2.50. The van der Waals surface area contributed by atoms with Crippen LogP contribution in [0.5, 0.6) is 17.2 Å². The monoisotopic (exact) mass is 228 g/mol. The Morgan fingerprint density at radius 3 is 2.94 bits per heavy atom. The van der Waals surface area contributed by atoms with Crippen LogP contribution < -0.4 is 14.2 Å². The van der Waals surface area contributed by atoms with Gasteiger partial charge in [-0.05, 0) is 6.92 Å². The van der Waals surface area contributed by atoms with Crippen molar-refractivity contribution in [2.24, 2.45) is 0 Å². The molecule has 0 bridgehead atoms. The van der Waals surface area contributed by atoms with Gasteiger partial charge in [-0.25, -0.2) is 4.39 Å². The molecule has 88 valence electrons. The summed E-state index contributed by atoms with van der Waals surface area (Å²) in [6.45, 7) is 1.65. The molecule has 2 rings (SSSR count). The van der Waals surface area contributed by atoms with Crippen LogP contribution in [-0.2, 0) is 6.42 Å². The van der Waals surface area contributed by atoms with Gasteiger partial charge >= 0.3 is 0 Å². The van der Waals surface area contributed by atoms with E-state index >= 15 is 0 Å². The van der Waals surface area contributed by atoms with Crippen LogP contribution >= 0.6 is 0 Å². The summed E-state index contributed by atoms with van der Waals surface area (Å²) in [6.07, 6.45) is -0.496. The van der Waals surface area contributed by atoms with E-state index < -0.39 is 11.9 Å². The predicted molar refractivity (Wildman–Crippen MR) is 54.5 cm³/mol. The number of aliphatic hydroxyl groups excluding tert-OH is 1. The van der Waals surface area contributed by atoms with Crippen LogP contribution in [-0.4, -0.2) is 25.1 Å². The standard InChI is InChI=1S/C11H13FO4/c1-6(13)3-7-10(12)8(14-2)4-9-11(7)16-5-15-9/h4,6,13H,3,5H2,1-2H3. The van der Waals surface area contributed by atoms with E-state index in [9.17, 15) is 9.50 Å². The van der Waals surface area contributed by atoms with Gasteiger partial charge in [0.1, 0.15) is 0 Å². The average Bonchev–Trinajstić information content (AvgIpc) is 2.69. The third kappa shape index (κ3) is 1.78. The Morgan fingerprint density at radius 1 is 1.56 bits per heavy atom. The van der Waals surface area contributed by atoms with E-state index in [-0.39, 0.29) is 19.0 Å². The van der Waals surface area contributed by atoms with E-state index in [1.807, 2.05) is 0 Å². The summed E-state index contributed by atoms with van der Waals surface area (Å²) in [6, 6.07) is 1.45. The largest absolute Gasteiger partial charge is 0.494 e. The normalized spacial score (nSPS) is 15.0. The molecule has 1 aromatic rings. The van der Waals surface area contributed by atoms with Gasteiger partial charge < -0.3 is 19.3 Å². The van der Waals surface area contributed by atoms with E-state index in [1.165, 1.54) is 13.2 Å². The second-order valence-electron chi connectivity index (χ2n) is 3.66.